The zero-order valence-corrected chi connectivity index (χ0v) is 12.8. The molecule has 1 saturated heterocycles. The Hall–Kier alpha value is -1.80. The van der Waals surface area contributed by atoms with Gasteiger partial charge >= 0.3 is 0 Å². The number of rotatable bonds is 2. The molecular weight excluding hydrogens is 266 g/mol. The van der Waals surface area contributed by atoms with E-state index >= 15 is 0 Å². The smallest absolute Gasteiger partial charge is 0.299 e. The van der Waals surface area contributed by atoms with E-state index in [1.54, 1.807) is 12.0 Å². The quantitative estimate of drug-likeness (QED) is 0.843. The number of aryl methyl sites for hydroxylation is 2. The summed E-state index contributed by atoms with van der Waals surface area (Å²) in [6.45, 7) is 4.54. The number of hydrogen-bond donors (Lipinski definition) is 1. The highest BCUT2D eigenvalue weighted by atomic mass is 16.5. The third kappa shape index (κ3) is 2.96. The molecule has 1 aliphatic heterocycles. The molecule has 1 N–H and O–H groups in total. The van der Waals surface area contributed by atoms with E-state index in [2.05, 4.69) is 21.8 Å². The van der Waals surface area contributed by atoms with Crippen LogP contribution in [-0.2, 0) is 9.53 Å². The fraction of sp³-hybridized carbons (Fsp3) is 0.625. The van der Waals surface area contributed by atoms with Gasteiger partial charge in [-0.3, -0.25) is 4.79 Å². The van der Waals surface area contributed by atoms with Gasteiger partial charge in [-0.2, -0.15) is 0 Å². The summed E-state index contributed by atoms with van der Waals surface area (Å²) < 4.78 is 5.43. The minimum atomic E-state index is -0.113. The molecule has 3 rings (SSSR count). The van der Waals surface area contributed by atoms with Gasteiger partial charge in [-0.25, -0.2) is 4.98 Å². The van der Waals surface area contributed by atoms with E-state index < -0.39 is 0 Å². The second kappa shape index (κ2) is 5.53. The van der Waals surface area contributed by atoms with Crippen LogP contribution < -0.4 is 0 Å². The van der Waals surface area contributed by atoms with E-state index in [9.17, 15) is 4.79 Å². The van der Waals surface area contributed by atoms with E-state index in [1.165, 1.54) is 0 Å². The number of ether oxygens (including phenoxy) is 1. The summed E-state index contributed by atoms with van der Waals surface area (Å²) >= 11 is 0. The average molecular weight is 287 g/mol. The fourth-order valence-corrected chi connectivity index (χ4v) is 2.65. The van der Waals surface area contributed by atoms with Gasteiger partial charge in [0, 0.05) is 31.7 Å². The highest BCUT2D eigenvalue weighted by molar-refractivity contribution is 5.94. The molecule has 5 nitrogen and oxygen atoms in total. The number of amides is 1. The predicted octanol–water partition coefficient (Wildman–Crippen LogP) is 1.73. The van der Waals surface area contributed by atoms with Crippen molar-refractivity contribution in [3.8, 4) is 11.8 Å². The first-order valence-electron chi connectivity index (χ1n) is 7.46. The number of aromatic nitrogens is 2. The summed E-state index contributed by atoms with van der Waals surface area (Å²) in [6.07, 6.45) is 3.06. The molecule has 0 aromatic carbocycles. The summed E-state index contributed by atoms with van der Waals surface area (Å²) in [5, 5.41) is 0. The van der Waals surface area contributed by atoms with Gasteiger partial charge in [0.05, 0.1) is 17.8 Å². The van der Waals surface area contributed by atoms with Crippen LogP contribution in [-0.4, -0.2) is 40.5 Å². The van der Waals surface area contributed by atoms with Gasteiger partial charge in [0.1, 0.15) is 5.82 Å². The molecule has 2 fully saturated rings. The van der Waals surface area contributed by atoms with Crippen molar-refractivity contribution in [1.82, 2.24) is 14.9 Å². The lowest BCUT2D eigenvalue weighted by Crippen LogP contribution is -2.31. The number of methoxy groups -OCH3 is 1. The Morgan fingerprint density at radius 3 is 2.76 bits per heavy atom. The van der Waals surface area contributed by atoms with Gasteiger partial charge in [-0.05, 0) is 32.6 Å². The molecule has 1 amide bonds. The third-order valence-corrected chi connectivity index (χ3v) is 4.28. The summed E-state index contributed by atoms with van der Waals surface area (Å²) in [6, 6.07) is -0.0663. The van der Waals surface area contributed by atoms with Crippen molar-refractivity contribution in [1.29, 1.82) is 0 Å². The SMILES string of the molecule is CO[C@@H]1C[C@@H](c2nc(C)c(C)[nH]2)N(C(=O)C#CC2CC2)C1. The van der Waals surface area contributed by atoms with E-state index in [0.717, 1.165) is 36.5 Å². The van der Waals surface area contributed by atoms with Gasteiger partial charge in [0.25, 0.3) is 5.91 Å². The first kappa shape index (κ1) is 14.2. The van der Waals surface area contributed by atoms with Crippen molar-refractivity contribution in [3.05, 3.63) is 17.2 Å². The molecule has 112 valence electrons. The van der Waals surface area contributed by atoms with Crippen molar-refractivity contribution in [2.75, 3.05) is 13.7 Å². The van der Waals surface area contributed by atoms with Gasteiger partial charge < -0.3 is 14.6 Å². The summed E-state index contributed by atoms with van der Waals surface area (Å²) in [4.78, 5) is 22.0. The number of aromatic amines is 1. The van der Waals surface area contributed by atoms with Crippen molar-refractivity contribution in [2.45, 2.75) is 45.3 Å². The van der Waals surface area contributed by atoms with Gasteiger partial charge in [0.15, 0.2) is 0 Å². The van der Waals surface area contributed by atoms with Gasteiger partial charge in [-0.1, -0.05) is 5.92 Å². The number of carbonyl (C=O) groups excluding carboxylic acids is 1. The Morgan fingerprint density at radius 1 is 1.43 bits per heavy atom. The lowest BCUT2D eigenvalue weighted by Gasteiger charge is -2.20. The molecule has 2 heterocycles. The first-order valence-corrected chi connectivity index (χ1v) is 7.46. The highest BCUT2D eigenvalue weighted by Gasteiger charge is 2.37. The minimum absolute atomic E-state index is 0.0485. The van der Waals surface area contributed by atoms with Crippen LogP contribution in [0, 0.1) is 31.6 Å². The molecular formula is C16H21N3O2. The molecule has 5 heteroatoms. The Balaban J connectivity index is 1.81. The van der Waals surface area contributed by atoms with Crippen molar-refractivity contribution < 1.29 is 9.53 Å². The molecule has 2 atom stereocenters. The van der Waals surface area contributed by atoms with Crippen LogP contribution in [0.3, 0.4) is 0 Å². The van der Waals surface area contributed by atoms with Crippen LogP contribution in [0.15, 0.2) is 0 Å². The zero-order valence-electron chi connectivity index (χ0n) is 12.8. The minimum Gasteiger partial charge on any atom is -0.380 e. The van der Waals surface area contributed by atoms with Crippen LogP contribution in [0.5, 0.6) is 0 Å². The lowest BCUT2D eigenvalue weighted by molar-refractivity contribution is -0.126. The van der Waals surface area contributed by atoms with Crippen LogP contribution in [0.25, 0.3) is 0 Å². The number of imidazole rings is 1. The maximum Gasteiger partial charge on any atom is 0.299 e. The number of carbonyl (C=O) groups is 1. The fourth-order valence-electron chi connectivity index (χ4n) is 2.65. The molecule has 0 bridgehead atoms. The first-order chi connectivity index (χ1) is 10.1. The number of nitrogens with one attached hydrogen (secondary N) is 1. The standard InChI is InChI=1S/C16H21N3O2/c1-10-11(2)18-16(17-10)14-8-13(21-3)9-19(14)15(20)7-6-12-4-5-12/h12-14H,4-5,8-9H2,1-3H3,(H,17,18)/t13-,14+/m1/s1. The Bertz CT molecular complexity index is 587. The van der Waals surface area contributed by atoms with Gasteiger partial charge in [0.2, 0.25) is 0 Å². The van der Waals surface area contributed by atoms with Crippen molar-refractivity contribution in [2.24, 2.45) is 5.92 Å². The van der Waals surface area contributed by atoms with Crippen LogP contribution in [0.2, 0.25) is 0 Å². The topological polar surface area (TPSA) is 58.2 Å². The Labute approximate surface area is 125 Å². The van der Waals surface area contributed by atoms with Crippen molar-refractivity contribution >= 4 is 5.91 Å². The molecule has 21 heavy (non-hydrogen) atoms. The number of likely N-dealkylation sites (tertiary alicyclic amines) is 1. The molecule has 1 saturated carbocycles. The summed E-state index contributed by atoms with van der Waals surface area (Å²) in [7, 11) is 1.68. The average Bonchev–Trinajstić information content (AvgIpc) is 3.10. The van der Waals surface area contributed by atoms with Crippen LogP contribution in [0.1, 0.15) is 42.5 Å². The zero-order chi connectivity index (χ0) is 15.0. The Kier molecular flexibility index (Phi) is 3.73. The summed E-state index contributed by atoms with van der Waals surface area (Å²) in [5.74, 6) is 6.99. The predicted molar refractivity (Wildman–Crippen MR) is 78.4 cm³/mol. The van der Waals surface area contributed by atoms with E-state index in [0.29, 0.717) is 12.5 Å². The monoisotopic (exact) mass is 287 g/mol. The largest absolute Gasteiger partial charge is 0.380 e. The molecule has 1 aliphatic carbocycles. The van der Waals surface area contributed by atoms with Crippen LogP contribution >= 0.6 is 0 Å². The molecule has 0 spiro atoms. The van der Waals surface area contributed by atoms with E-state index in [-0.39, 0.29) is 18.1 Å². The summed E-state index contributed by atoms with van der Waals surface area (Å²) in [5.41, 5.74) is 2.02. The van der Waals surface area contributed by atoms with E-state index in [4.69, 9.17) is 4.74 Å². The normalized spacial score (nSPS) is 24.8. The number of nitrogens with zero attached hydrogens (tertiary/aromatic N) is 2. The molecule has 0 radical (unpaired) electrons. The number of H-pyrrole nitrogens is 1. The van der Waals surface area contributed by atoms with Crippen molar-refractivity contribution in [3.63, 3.8) is 0 Å². The Morgan fingerprint density at radius 2 is 2.19 bits per heavy atom. The lowest BCUT2D eigenvalue weighted by atomic mass is 10.2. The highest BCUT2D eigenvalue weighted by Crippen LogP contribution is 2.32. The molecule has 2 aliphatic rings. The molecule has 0 unspecified atom stereocenters. The van der Waals surface area contributed by atoms with Crippen LogP contribution in [0.4, 0.5) is 0 Å². The molecule has 1 aromatic rings. The third-order valence-electron chi connectivity index (χ3n) is 4.28. The second-order valence-corrected chi connectivity index (χ2v) is 5.94. The van der Waals surface area contributed by atoms with Gasteiger partial charge in [-0.15, -0.1) is 0 Å². The molecule has 1 aromatic heterocycles. The number of hydrogen-bond acceptors (Lipinski definition) is 3. The maximum atomic E-state index is 12.4. The van der Waals surface area contributed by atoms with E-state index in [1.807, 2.05) is 13.8 Å². The maximum absolute atomic E-state index is 12.4. The second-order valence-electron chi connectivity index (χ2n) is 5.94.